The van der Waals surface area contributed by atoms with Crippen LogP contribution in [0.4, 0.5) is 0 Å². The van der Waals surface area contributed by atoms with Crippen molar-refractivity contribution in [1.29, 1.82) is 0 Å². The van der Waals surface area contributed by atoms with Crippen molar-refractivity contribution in [2.75, 3.05) is 0 Å². The molecule has 1 heteroatoms. The maximum Gasteiger partial charge on any atom is 0.0484 e. The van der Waals surface area contributed by atoms with E-state index in [0.29, 0.717) is 0 Å². The van der Waals surface area contributed by atoms with Crippen molar-refractivity contribution in [3.05, 3.63) is 59.1 Å². The summed E-state index contributed by atoms with van der Waals surface area (Å²) in [4.78, 5) is 0. The van der Waals surface area contributed by atoms with E-state index in [1.165, 1.54) is 11.1 Å². The second-order valence-electron chi connectivity index (χ2n) is 3.53. The highest BCUT2D eigenvalue weighted by Gasteiger charge is 2.03. The summed E-state index contributed by atoms with van der Waals surface area (Å²) in [5, 5.41) is 0.818. The smallest absolute Gasteiger partial charge is 0.0484 e. The van der Waals surface area contributed by atoms with Gasteiger partial charge in [0.2, 0.25) is 0 Å². The lowest BCUT2D eigenvalue weighted by molar-refractivity contribution is 1.14. The summed E-state index contributed by atoms with van der Waals surface area (Å²) >= 11 is 6.19. The molecule has 15 heavy (non-hydrogen) atoms. The van der Waals surface area contributed by atoms with Crippen LogP contribution in [0.2, 0.25) is 5.02 Å². The van der Waals surface area contributed by atoms with Gasteiger partial charge in [-0.2, -0.15) is 0 Å². The summed E-state index contributed by atoms with van der Waals surface area (Å²) in [5.74, 6) is 0. The SMILES string of the molecule is CCc1ccc(Cl)c(-c2ccccc2)c1. The van der Waals surface area contributed by atoms with E-state index in [1.807, 2.05) is 24.3 Å². The van der Waals surface area contributed by atoms with Crippen molar-refractivity contribution in [3.63, 3.8) is 0 Å². The standard InChI is InChI=1S/C14H13Cl/c1-2-11-8-9-14(15)13(10-11)12-6-4-3-5-7-12/h3-10H,2H2,1H3. The van der Waals surface area contributed by atoms with E-state index in [4.69, 9.17) is 11.6 Å². The third kappa shape index (κ3) is 2.21. The number of benzene rings is 2. The van der Waals surface area contributed by atoms with Crippen LogP contribution in [0.15, 0.2) is 48.5 Å². The minimum atomic E-state index is 0.818. The molecule has 0 aliphatic carbocycles. The second-order valence-corrected chi connectivity index (χ2v) is 3.94. The molecule has 0 radical (unpaired) electrons. The van der Waals surface area contributed by atoms with Crippen molar-refractivity contribution in [2.45, 2.75) is 13.3 Å². The van der Waals surface area contributed by atoms with E-state index in [2.05, 4.69) is 31.2 Å². The monoisotopic (exact) mass is 216 g/mol. The predicted molar refractivity (Wildman–Crippen MR) is 66.3 cm³/mol. The molecule has 0 atom stereocenters. The highest BCUT2D eigenvalue weighted by atomic mass is 35.5. The second kappa shape index (κ2) is 4.50. The molecule has 0 saturated carbocycles. The van der Waals surface area contributed by atoms with Crippen molar-refractivity contribution in [3.8, 4) is 11.1 Å². The molecule has 0 amide bonds. The van der Waals surface area contributed by atoms with Crippen LogP contribution in [-0.4, -0.2) is 0 Å². The zero-order valence-electron chi connectivity index (χ0n) is 8.70. The highest BCUT2D eigenvalue weighted by molar-refractivity contribution is 6.33. The van der Waals surface area contributed by atoms with Crippen LogP contribution in [0.3, 0.4) is 0 Å². The van der Waals surface area contributed by atoms with Gasteiger partial charge in [0.25, 0.3) is 0 Å². The van der Waals surface area contributed by atoms with Gasteiger partial charge in [0.05, 0.1) is 0 Å². The fraction of sp³-hybridized carbons (Fsp3) is 0.143. The molecule has 0 aliphatic rings. The molecular formula is C14H13Cl. The summed E-state index contributed by atoms with van der Waals surface area (Å²) in [6.45, 7) is 2.15. The minimum absolute atomic E-state index is 0.818. The van der Waals surface area contributed by atoms with E-state index >= 15 is 0 Å². The van der Waals surface area contributed by atoms with Crippen LogP contribution in [0.25, 0.3) is 11.1 Å². The minimum Gasteiger partial charge on any atom is -0.0837 e. The average Bonchev–Trinajstić information content (AvgIpc) is 2.31. The number of hydrogen-bond donors (Lipinski definition) is 0. The quantitative estimate of drug-likeness (QED) is 0.690. The largest absolute Gasteiger partial charge is 0.0837 e. The van der Waals surface area contributed by atoms with Gasteiger partial charge in [-0.25, -0.2) is 0 Å². The van der Waals surface area contributed by atoms with Crippen molar-refractivity contribution in [2.24, 2.45) is 0 Å². The van der Waals surface area contributed by atoms with E-state index in [9.17, 15) is 0 Å². The van der Waals surface area contributed by atoms with Gasteiger partial charge in [-0.15, -0.1) is 0 Å². The molecular weight excluding hydrogens is 204 g/mol. The molecule has 0 fully saturated rings. The molecule has 0 aliphatic heterocycles. The van der Waals surface area contributed by atoms with Crippen LogP contribution >= 0.6 is 11.6 Å². The van der Waals surface area contributed by atoms with Gasteiger partial charge in [0.1, 0.15) is 0 Å². The van der Waals surface area contributed by atoms with Crippen molar-refractivity contribution in [1.82, 2.24) is 0 Å². The maximum atomic E-state index is 6.19. The Balaban J connectivity index is 2.52. The first-order chi connectivity index (χ1) is 7.31. The third-order valence-electron chi connectivity index (χ3n) is 2.52. The molecule has 0 unspecified atom stereocenters. The van der Waals surface area contributed by atoms with Gasteiger partial charge in [-0.05, 0) is 29.7 Å². The molecule has 2 rings (SSSR count). The number of aryl methyl sites for hydroxylation is 1. The molecule has 0 bridgehead atoms. The van der Waals surface area contributed by atoms with E-state index in [0.717, 1.165) is 17.0 Å². The van der Waals surface area contributed by atoms with Gasteiger partial charge >= 0.3 is 0 Å². The van der Waals surface area contributed by atoms with Gasteiger partial charge < -0.3 is 0 Å². The Labute approximate surface area is 95.5 Å². The normalized spacial score (nSPS) is 10.3. The summed E-state index contributed by atoms with van der Waals surface area (Å²) < 4.78 is 0. The van der Waals surface area contributed by atoms with Gasteiger partial charge in [-0.1, -0.05) is 54.9 Å². The Morgan fingerprint density at radius 2 is 1.73 bits per heavy atom. The van der Waals surface area contributed by atoms with Crippen LogP contribution in [-0.2, 0) is 6.42 Å². The van der Waals surface area contributed by atoms with Crippen molar-refractivity contribution < 1.29 is 0 Å². The molecule has 0 aromatic heterocycles. The van der Waals surface area contributed by atoms with Crippen molar-refractivity contribution >= 4 is 11.6 Å². The Kier molecular flexibility index (Phi) is 3.08. The molecule has 0 saturated heterocycles. The Morgan fingerprint density at radius 1 is 1.00 bits per heavy atom. The fourth-order valence-electron chi connectivity index (χ4n) is 1.63. The molecule has 0 N–H and O–H groups in total. The first kappa shape index (κ1) is 10.3. The molecule has 0 nitrogen and oxygen atoms in total. The summed E-state index contributed by atoms with van der Waals surface area (Å²) in [5.41, 5.74) is 3.62. The predicted octanol–water partition coefficient (Wildman–Crippen LogP) is 4.57. The van der Waals surface area contributed by atoms with Crippen LogP contribution < -0.4 is 0 Å². The van der Waals surface area contributed by atoms with E-state index < -0.39 is 0 Å². The Morgan fingerprint density at radius 3 is 2.40 bits per heavy atom. The summed E-state index contributed by atoms with van der Waals surface area (Å²) in [6, 6.07) is 16.5. The van der Waals surface area contributed by atoms with E-state index in [-0.39, 0.29) is 0 Å². The summed E-state index contributed by atoms with van der Waals surface area (Å²) in [6.07, 6.45) is 1.04. The van der Waals surface area contributed by atoms with Gasteiger partial charge in [0, 0.05) is 10.6 Å². The molecule has 2 aromatic carbocycles. The lowest BCUT2D eigenvalue weighted by atomic mass is 10.0. The van der Waals surface area contributed by atoms with E-state index in [1.54, 1.807) is 0 Å². The van der Waals surface area contributed by atoms with Crippen LogP contribution in [0.1, 0.15) is 12.5 Å². The molecule has 76 valence electrons. The zero-order valence-corrected chi connectivity index (χ0v) is 9.46. The Bertz CT molecular complexity index is 446. The van der Waals surface area contributed by atoms with Gasteiger partial charge in [-0.3, -0.25) is 0 Å². The number of hydrogen-bond acceptors (Lipinski definition) is 0. The highest BCUT2D eigenvalue weighted by Crippen LogP contribution is 2.28. The average molecular weight is 217 g/mol. The van der Waals surface area contributed by atoms with Crippen LogP contribution in [0.5, 0.6) is 0 Å². The fourth-order valence-corrected chi connectivity index (χ4v) is 1.86. The lowest BCUT2D eigenvalue weighted by Gasteiger charge is -2.06. The zero-order chi connectivity index (χ0) is 10.7. The number of rotatable bonds is 2. The number of halogens is 1. The maximum absolute atomic E-state index is 6.19. The third-order valence-corrected chi connectivity index (χ3v) is 2.85. The van der Waals surface area contributed by atoms with Crippen LogP contribution in [0, 0.1) is 0 Å². The molecule has 0 spiro atoms. The lowest BCUT2D eigenvalue weighted by Crippen LogP contribution is -1.84. The Hall–Kier alpha value is -1.27. The van der Waals surface area contributed by atoms with Gasteiger partial charge in [0.15, 0.2) is 0 Å². The molecule has 2 aromatic rings. The molecule has 0 heterocycles. The topological polar surface area (TPSA) is 0 Å². The first-order valence-corrected chi connectivity index (χ1v) is 5.53. The summed E-state index contributed by atoms with van der Waals surface area (Å²) in [7, 11) is 0. The first-order valence-electron chi connectivity index (χ1n) is 5.15.